The summed E-state index contributed by atoms with van der Waals surface area (Å²) in [6, 6.07) is 8.53. The standard InChI is InChI=1S/C24H37N5O5/c1-18(30)27-13-9-4-2-3-8-12-20(31)15-26-16-22(32)23(33)17-28-24(34)21(29-25)14-19-10-6-5-7-11-19/h5-7,10-11,21,26,29H,2-4,8-9,12-17,25H2,1H3,(H,27,30)(H,28,34)/t21-/m0/s1. The molecule has 10 nitrogen and oxygen atoms in total. The van der Waals surface area contributed by atoms with Crippen molar-refractivity contribution in [1.29, 1.82) is 0 Å². The molecule has 0 radical (unpaired) electrons. The van der Waals surface area contributed by atoms with E-state index in [2.05, 4.69) is 21.4 Å². The molecule has 0 aliphatic rings. The molecular formula is C24H37N5O5. The second-order valence-corrected chi connectivity index (χ2v) is 8.12. The molecule has 0 unspecified atom stereocenters. The normalized spacial score (nSPS) is 11.5. The first-order valence-electron chi connectivity index (χ1n) is 11.6. The summed E-state index contributed by atoms with van der Waals surface area (Å²) in [5, 5.41) is 7.86. The number of nitrogens with two attached hydrogens (primary N) is 1. The molecule has 0 fully saturated rings. The van der Waals surface area contributed by atoms with Crippen molar-refractivity contribution in [2.75, 3.05) is 26.2 Å². The smallest absolute Gasteiger partial charge is 0.239 e. The Morgan fingerprint density at radius 3 is 2.15 bits per heavy atom. The lowest BCUT2D eigenvalue weighted by atomic mass is 10.1. The number of ketones is 3. The third kappa shape index (κ3) is 13.6. The van der Waals surface area contributed by atoms with Crippen LogP contribution in [0, 0.1) is 0 Å². The van der Waals surface area contributed by atoms with Gasteiger partial charge in [0.2, 0.25) is 23.4 Å². The summed E-state index contributed by atoms with van der Waals surface area (Å²) in [6.45, 7) is 1.50. The highest BCUT2D eigenvalue weighted by Crippen LogP contribution is 2.05. The number of carbonyl (C=O) groups excluding carboxylic acids is 5. The molecule has 6 N–H and O–H groups in total. The Bertz CT molecular complexity index is 800. The van der Waals surface area contributed by atoms with Gasteiger partial charge in [0.25, 0.3) is 0 Å². The first kappa shape index (κ1) is 29.1. The van der Waals surface area contributed by atoms with Crippen LogP contribution in [0.5, 0.6) is 0 Å². The molecule has 0 aliphatic heterocycles. The van der Waals surface area contributed by atoms with Crippen LogP contribution in [0.2, 0.25) is 0 Å². The van der Waals surface area contributed by atoms with Gasteiger partial charge in [-0.3, -0.25) is 29.8 Å². The van der Waals surface area contributed by atoms with Gasteiger partial charge in [0.15, 0.2) is 0 Å². The van der Waals surface area contributed by atoms with Crippen molar-refractivity contribution in [2.45, 2.75) is 57.9 Å². The van der Waals surface area contributed by atoms with Gasteiger partial charge in [-0.15, -0.1) is 0 Å². The van der Waals surface area contributed by atoms with Crippen molar-refractivity contribution < 1.29 is 24.0 Å². The fraction of sp³-hybridized carbons (Fsp3) is 0.542. The predicted molar refractivity (Wildman–Crippen MR) is 129 cm³/mol. The summed E-state index contributed by atoms with van der Waals surface area (Å²) in [4.78, 5) is 58.8. The minimum absolute atomic E-state index is 0.0180. The van der Waals surface area contributed by atoms with E-state index in [1.54, 1.807) is 0 Å². The van der Waals surface area contributed by atoms with Crippen molar-refractivity contribution in [3.8, 4) is 0 Å². The molecule has 0 aliphatic carbocycles. The summed E-state index contributed by atoms with van der Waals surface area (Å²) in [5.74, 6) is 3.46. The molecule has 0 bridgehead atoms. The molecule has 1 rings (SSSR count). The third-order valence-corrected chi connectivity index (χ3v) is 5.15. The Hall–Kier alpha value is -2.95. The van der Waals surface area contributed by atoms with Crippen LogP contribution in [-0.4, -0.2) is 61.4 Å². The van der Waals surface area contributed by atoms with E-state index in [1.807, 2.05) is 30.3 Å². The van der Waals surface area contributed by atoms with Gasteiger partial charge in [-0.05, 0) is 24.8 Å². The average molecular weight is 476 g/mol. The van der Waals surface area contributed by atoms with Crippen LogP contribution < -0.4 is 27.2 Å². The second kappa shape index (κ2) is 17.5. The van der Waals surface area contributed by atoms with Gasteiger partial charge in [0.1, 0.15) is 11.8 Å². The fourth-order valence-electron chi connectivity index (χ4n) is 3.21. The van der Waals surface area contributed by atoms with Gasteiger partial charge in [-0.2, -0.15) is 0 Å². The highest BCUT2D eigenvalue weighted by Gasteiger charge is 2.20. The van der Waals surface area contributed by atoms with E-state index in [4.69, 9.17) is 5.84 Å². The van der Waals surface area contributed by atoms with E-state index in [0.29, 0.717) is 19.4 Å². The molecule has 1 aromatic carbocycles. The lowest BCUT2D eigenvalue weighted by molar-refractivity contribution is -0.136. The Kier molecular flexibility index (Phi) is 15.0. The number of nitrogens with one attached hydrogen (secondary N) is 4. The zero-order valence-corrected chi connectivity index (χ0v) is 19.9. The first-order chi connectivity index (χ1) is 16.3. The molecular weight excluding hydrogens is 438 g/mol. The maximum atomic E-state index is 12.2. The predicted octanol–water partition coefficient (Wildman–Crippen LogP) is -0.0492. The number of unbranched alkanes of at least 4 members (excludes halogenated alkanes) is 4. The summed E-state index contributed by atoms with van der Waals surface area (Å²) in [5.41, 5.74) is 3.32. The highest BCUT2D eigenvalue weighted by molar-refractivity contribution is 6.39. The lowest BCUT2D eigenvalue weighted by Crippen LogP contribution is -2.50. The molecule has 34 heavy (non-hydrogen) atoms. The minimum Gasteiger partial charge on any atom is -0.356 e. The Morgan fingerprint density at radius 1 is 0.824 bits per heavy atom. The number of benzene rings is 1. The quantitative estimate of drug-likeness (QED) is 0.0806. The van der Waals surface area contributed by atoms with Gasteiger partial charge >= 0.3 is 0 Å². The largest absolute Gasteiger partial charge is 0.356 e. The molecule has 1 aromatic rings. The molecule has 0 saturated carbocycles. The number of amides is 2. The molecule has 0 spiro atoms. The molecule has 0 heterocycles. The van der Waals surface area contributed by atoms with E-state index in [1.165, 1.54) is 6.92 Å². The number of Topliss-reactive ketones (excluding diaryl/α,β-unsaturated/α-hetero) is 3. The number of rotatable bonds is 19. The van der Waals surface area contributed by atoms with Gasteiger partial charge in [0, 0.05) is 19.9 Å². The van der Waals surface area contributed by atoms with Crippen LogP contribution in [0.1, 0.15) is 51.0 Å². The summed E-state index contributed by atoms with van der Waals surface area (Å²) in [6.07, 6.45) is 5.34. The van der Waals surface area contributed by atoms with Crippen molar-refractivity contribution in [1.82, 2.24) is 21.4 Å². The van der Waals surface area contributed by atoms with Crippen molar-refractivity contribution in [2.24, 2.45) is 5.84 Å². The molecule has 2 amide bonds. The van der Waals surface area contributed by atoms with Crippen LogP contribution in [0.3, 0.4) is 0 Å². The van der Waals surface area contributed by atoms with E-state index >= 15 is 0 Å². The van der Waals surface area contributed by atoms with Gasteiger partial charge in [-0.25, -0.2) is 5.43 Å². The third-order valence-electron chi connectivity index (χ3n) is 5.15. The number of carbonyl (C=O) groups is 5. The number of hydrogen-bond acceptors (Lipinski definition) is 8. The van der Waals surface area contributed by atoms with Crippen LogP contribution in [-0.2, 0) is 30.4 Å². The first-order valence-corrected chi connectivity index (χ1v) is 11.6. The van der Waals surface area contributed by atoms with Crippen molar-refractivity contribution >= 4 is 29.2 Å². The maximum absolute atomic E-state index is 12.2. The summed E-state index contributed by atoms with van der Waals surface area (Å²) >= 11 is 0. The van der Waals surface area contributed by atoms with Crippen LogP contribution in [0.25, 0.3) is 0 Å². The zero-order chi connectivity index (χ0) is 25.2. The lowest BCUT2D eigenvalue weighted by Gasteiger charge is -2.15. The van der Waals surface area contributed by atoms with Crippen LogP contribution in [0.15, 0.2) is 30.3 Å². The van der Waals surface area contributed by atoms with E-state index in [0.717, 1.165) is 37.7 Å². The number of hydrogen-bond donors (Lipinski definition) is 5. The van der Waals surface area contributed by atoms with Crippen molar-refractivity contribution in [3.05, 3.63) is 35.9 Å². The Morgan fingerprint density at radius 2 is 1.47 bits per heavy atom. The number of hydrazine groups is 1. The monoisotopic (exact) mass is 475 g/mol. The minimum atomic E-state index is -0.747. The summed E-state index contributed by atoms with van der Waals surface area (Å²) < 4.78 is 0. The highest BCUT2D eigenvalue weighted by atomic mass is 16.2. The second-order valence-electron chi connectivity index (χ2n) is 8.12. The van der Waals surface area contributed by atoms with Gasteiger partial charge in [-0.1, -0.05) is 49.6 Å². The molecule has 0 saturated heterocycles. The Labute approximate surface area is 200 Å². The van der Waals surface area contributed by atoms with Crippen LogP contribution >= 0.6 is 0 Å². The van der Waals surface area contributed by atoms with Gasteiger partial charge < -0.3 is 16.0 Å². The van der Waals surface area contributed by atoms with E-state index < -0.39 is 30.1 Å². The van der Waals surface area contributed by atoms with E-state index in [9.17, 15) is 24.0 Å². The van der Waals surface area contributed by atoms with Crippen LogP contribution in [0.4, 0.5) is 0 Å². The maximum Gasteiger partial charge on any atom is 0.239 e. The molecule has 188 valence electrons. The van der Waals surface area contributed by atoms with E-state index in [-0.39, 0.29) is 24.8 Å². The van der Waals surface area contributed by atoms with Gasteiger partial charge in [0.05, 0.1) is 19.6 Å². The molecule has 10 heteroatoms. The Balaban J connectivity index is 2.14. The average Bonchev–Trinajstić information content (AvgIpc) is 2.82. The fourth-order valence-corrected chi connectivity index (χ4v) is 3.21. The zero-order valence-electron chi connectivity index (χ0n) is 19.9. The topological polar surface area (TPSA) is 159 Å². The summed E-state index contributed by atoms with van der Waals surface area (Å²) in [7, 11) is 0. The SMILES string of the molecule is CC(=O)NCCCCCCCC(=O)CNCC(=O)C(=O)CNC(=O)[C@H](Cc1ccccc1)NN. The molecule has 0 aromatic heterocycles. The molecule has 1 atom stereocenters. The van der Waals surface area contributed by atoms with Crippen molar-refractivity contribution in [3.63, 3.8) is 0 Å².